The first-order chi connectivity index (χ1) is 14.2. The molecule has 0 spiro atoms. The van der Waals surface area contributed by atoms with Crippen molar-refractivity contribution in [1.82, 2.24) is 30.0 Å². The van der Waals surface area contributed by atoms with Crippen LogP contribution in [-0.2, 0) is 0 Å². The van der Waals surface area contributed by atoms with Crippen LogP contribution in [0.4, 0.5) is 4.39 Å². The molecular weight excluding hydrogens is 371 g/mol. The SMILES string of the molecule is Oc1cc(-n2ccnc2)ccc1-c1ncc(/C=C2\C[C@H]3CCC[C@H](N3)[C@@H]2F)nn1. The summed E-state index contributed by atoms with van der Waals surface area (Å²) in [5, 5.41) is 22.1. The minimum absolute atomic E-state index is 0.0547. The molecule has 2 aliphatic heterocycles. The number of rotatable bonds is 3. The molecule has 2 saturated heterocycles. The van der Waals surface area contributed by atoms with Gasteiger partial charge in [-0.1, -0.05) is 6.42 Å². The second-order valence-electron chi connectivity index (χ2n) is 7.60. The molecule has 0 aliphatic carbocycles. The summed E-state index contributed by atoms with van der Waals surface area (Å²) < 4.78 is 16.5. The number of imidazole rings is 1. The molecule has 3 atom stereocenters. The number of nitrogens with zero attached hydrogens (tertiary/aromatic N) is 5. The fraction of sp³-hybridized carbons (Fsp3) is 0.333. The van der Waals surface area contributed by atoms with E-state index >= 15 is 0 Å². The number of alkyl halides is 1. The Morgan fingerprint density at radius 3 is 2.93 bits per heavy atom. The van der Waals surface area contributed by atoms with Crippen LogP contribution in [0.3, 0.4) is 0 Å². The number of phenols is 1. The molecule has 2 N–H and O–H groups in total. The molecule has 2 aliphatic rings. The Bertz CT molecular complexity index is 1030. The monoisotopic (exact) mass is 392 g/mol. The van der Waals surface area contributed by atoms with Crippen molar-refractivity contribution in [3.63, 3.8) is 0 Å². The number of halogens is 1. The van der Waals surface area contributed by atoms with Gasteiger partial charge in [-0.25, -0.2) is 14.4 Å². The summed E-state index contributed by atoms with van der Waals surface area (Å²) in [5.41, 5.74) is 2.56. The molecule has 1 aromatic carbocycles. The highest BCUT2D eigenvalue weighted by Crippen LogP contribution is 2.33. The van der Waals surface area contributed by atoms with Gasteiger partial charge in [-0.05, 0) is 43.0 Å². The van der Waals surface area contributed by atoms with Crippen LogP contribution in [0.2, 0.25) is 0 Å². The zero-order chi connectivity index (χ0) is 19.8. The average molecular weight is 392 g/mol. The summed E-state index contributed by atoms with van der Waals surface area (Å²) in [6, 6.07) is 5.46. The number of hydrogen-bond acceptors (Lipinski definition) is 6. The maximum Gasteiger partial charge on any atom is 0.185 e. The van der Waals surface area contributed by atoms with Gasteiger partial charge >= 0.3 is 0 Å². The summed E-state index contributed by atoms with van der Waals surface area (Å²) in [6.07, 6.45) is 11.2. The molecule has 2 bridgehead atoms. The van der Waals surface area contributed by atoms with Crippen LogP contribution in [0.1, 0.15) is 31.4 Å². The Hall–Kier alpha value is -3.13. The second-order valence-corrected chi connectivity index (χ2v) is 7.60. The number of benzene rings is 1. The predicted molar refractivity (Wildman–Crippen MR) is 106 cm³/mol. The third-order valence-corrected chi connectivity index (χ3v) is 5.64. The summed E-state index contributed by atoms with van der Waals surface area (Å²) in [4.78, 5) is 8.33. The molecule has 5 rings (SSSR count). The zero-order valence-electron chi connectivity index (χ0n) is 15.7. The smallest absolute Gasteiger partial charge is 0.185 e. The predicted octanol–water partition coefficient (Wildman–Crippen LogP) is 3.07. The first kappa shape index (κ1) is 17.9. The number of aromatic nitrogens is 5. The Morgan fingerprint density at radius 2 is 2.17 bits per heavy atom. The number of fused-ring (bicyclic) bond motifs is 2. The second kappa shape index (κ2) is 7.36. The number of nitrogens with one attached hydrogen (secondary N) is 1. The lowest BCUT2D eigenvalue weighted by Crippen LogP contribution is -2.52. The van der Waals surface area contributed by atoms with Crippen molar-refractivity contribution in [1.29, 1.82) is 0 Å². The van der Waals surface area contributed by atoms with Crippen LogP contribution >= 0.6 is 0 Å². The third kappa shape index (κ3) is 3.51. The average Bonchev–Trinajstić information content (AvgIpc) is 3.28. The standard InChI is InChI=1S/C21H21FN6O/c22-20-13(8-14-2-1-3-18(20)25-14)9-15-11-24-21(27-26-15)17-5-4-16(10-19(17)29)28-7-6-23-12-28/h4-7,9-12,14,18,20,25,29H,1-3,8H2/b13-9+/t14-,18+,20-/m1/s1. The molecule has 0 amide bonds. The van der Waals surface area contributed by atoms with E-state index in [9.17, 15) is 9.50 Å². The van der Waals surface area contributed by atoms with E-state index in [-0.39, 0.29) is 11.8 Å². The minimum atomic E-state index is -0.993. The number of piperidine rings is 2. The van der Waals surface area contributed by atoms with Crippen molar-refractivity contribution >= 4 is 6.08 Å². The number of aromatic hydroxyl groups is 1. The molecule has 8 heteroatoms. The zero-order valence-corrected chi connectivity index (χ0v) is 15.7. The van der Waals surface area contributed by atoms with Gasteiger partial charge in [0.25, 0.3) is 0 Å². The van der Waals surface area contributed by atoms with Gasteiger partial charge in [0.15, 0.2) is 5.82 Å². The van der Waals surface area contributed by atoms with Crippen LogP contribution in [-0.4, -0.2) is 48.1 Å². The molecule has 2 aromatic heterocycles. The molecule has 0 unspecified atom stereocenters. The molecule has 7 nitrogen and oxygen atoms in total. The maximum atomic E-state index is 14.7. The van der Waals surface area contributed by atoms with Crippen LogP contribution in [0.25, 0.3) is 23.2 Å². The summed E-state index contributed by atoms with van der Waals surface area (Å²) in [6.45, 7) is 0. The molecule has 4 heterocycles. The summed E-state index contributed by atoms with van der Waals surface area (Å²) in [5.74, 6) is 0.375. The van der Waals surface area contributed by atoms with Crippen LogP contribution in [0.5, 0.6) is 5.75 Å². The molecule has 148 valence electrons. The quantitative estimate of drug-likeness (QED) is 0.712. The number of hydrogen-bond donors (Lipinski definition) is 2. The summed E-state index contributed by atoms with van der Waals surface area (Å²) >= 11 is 0. The van der Waals surface area contributed by atoms with E-state index in [4.69, 9.17) is 0 Å². The van der Waals surface area contributed by atoms with E-state index in [0.717, 1.165) is 30.5 Å². The van der Waals surface area contributed by atoms with Crippen molar-refractivity contribution in [3.05, 3.63) is 54.4 Å². The summed E-state index contributed by atoms with van der Waals surface area (Å²) in [7, 11) is 0. The molecular formula is C21H21FN6O. The van der Waals surface area contributed by atoms with Gasteiger partial charge in [-0.3, -0.25) is 0 Å². The van der Waals surface area contributed by atoms with Crippen molar-refractivity contribution in [2.24, 2.45) is 0 Å². The first-order valence-corrected chi connectivity index (χ1v) is 9.79. The van der Waals surface area contributed by atoms with Gasteiger partial charge in [-0.15, -0.1) is 10.2 Å². The molecule has 2 fully saturated rings. The van der Waals surface area contributed by atoms with Gasteiger partial charge in [-0.2, -0.15) is 0 Å². The Kier molecular flexibility index (Phi) is 4.55. The van der Waals surface area contributed by atoms with Gasteiger partial charge in [0.05, 0.1) is 23.8 Å². The molecule has 3 aromatic rings. The molecule has 0 saturated carbocycles. The Balaban J connectivity index is 1.38. The molecule has 0 radical (unpaired) electrons. The normalized spacial score (nSPS) is 25.3. The van der Waals surface area contributed by atoms with E-state index in [1.807, 2.05) is 6.07 Å². The fourth-order valence-electron chi connectivity index (χ4n) is 4.18. The third-order valence-electron chi connectivity index (χ3n) is 5.64. The van der Waals surface area contributed by atoms with E-state index in [1.54, 1.807) is 47.7 Å². The lowest BCUT2D eigenvalue weighted by atomic mass is 9.82. The van der Waals surface area contributed by atoms with Gasteiger partial charge in [0, 0.05) is 30.5 Å². The van der Waals surface area contributed by atoms with E-state index in [2.05, 4.69) is 25.5 Å². The van der Waals surface area contributed by atoms with Gasteiger partial charge < -0.3 is 15.0 Å². The number of phenolic OH excluding ortho intramolecular Hbond substituents is 1. The van der Waals surface area contributed by atoms with Gasteiger partial charge in [0.2, 0.25) is 0 Å². The van der Waals surface area contributed by atoms with Gasteiger partial charge in [0.1, 0.15) is 17.6 Å². The topological polar surface area (TPSA) is 88.8 Å². The van der Waals surface area contributed by atoms with Crippen LogP contribution in [0.15, 0.2) is 48.7 Å². The van der Waals surface area contributed by atoms with E-state index in [1.165, 1.54) is 0 Å². The lowest BCUT2D eigenvalue weighted by Gasteiger charge is -2.39. The lowest BCUT2D eigenvalue weighted by molar-refractivity contribution is 0.179. The van der Waals surface area contributed by atoms with E-state index < -0.39 is 6.17 Å². The van der Waals surface area contributed by atoms with Crippen molar-refractivity contribution in [2.45, 2.75) is 43.9 Å². The Labute approximate surface area is 167 Å². The highest BCUT2D eigenvalue weighted by Gasteiger charge is 2.36. The van der Waals surface area contributed by atoms with Crippen molar-refractivity contribution in [3.8, 4) is 22.8 Å². The van der Waals surface area contributed by atoms with E-state index in [0.29, 0.717) is 29.5 Å². The van der Waals surface area contributed by atoms with Crippen LogP contribution in [0, 0.1) is 0 Å². The molecule has 29 heavy (non-hydrogen) atoms. The largest absolute Gasteiger partial charge is 0.507 e. The van der Waals surface area contributed by atoms with Crippen molar-refractivity contribution < 1.29 is 9.50 Å². The highest BCUT2D eigenvalue weighted by molar-refractivity contribution is 5.66. The van der Waals surface area contributed by atoms with Crippen LogP contribution < -0.4 is 5.32 Å². The minimum Gasteiger partial charge on any atom is -0.507 e. The fourth-order valence-corrected chi connectivity index (χ4v) is 4.18. The van der Waals surface area contributed by atoms with Crippen molar-refractivity contribution in [2.75, 3.05) is 0 Å². The Morgan fingerprint density at radius 1 is 1.24 bits per heavy atom. The first-order valence-electron chi connectivity index (χ1n) is 9.79. The highest BCUT2D eigenvalue weighted by atomic mass is 19.1. The maximum absolute atomic E-state index is 14.7.